The topological polar surface area (TPSA) is 57.0 Å². The molecule has 0 aliphatic carbocycles. The van der Waals surface area contributed by atoms with Gasteiger partial charge in [0.1, 0.15) is 5.69 Å². The molecule has 0 N–H and O–H groups in total. The number of carbonyl (C=O) groups is 1. The summed E-state index contributed by atoms with van der Waals surface area (Å²) in [6.45, 7) is 8.53. The molecular weight excluding hydrogens is 230 g/mol. The lowest BCUT2D eigenvalue weighted by Crippen LogP contribution is -2.09. The highest BCUT2D eigenvalue weighted by molar-refractivity contribution is 5.73. The molecule has 5 nitrogen and oxygen atoms in total. The van der Waals surface area contributed by atoms with E-state index in [2.05, 4.69) is 24.2 Å². The van der Waals surface area contributed by atoms with E-state index in [1.54, 1.807) is 0 Å². The molecule has 0 aliphatic rings. The van der Waals surface area contributed by atoms with Gasteiger partial charge in [-0.25, -0.2) is 4.68 Å². The maximum Gasteiger partial charge on any atom is 0.172 e. The zero-order valence-electron chi connectivity index (χ0n) is 11.6. The Morgan fingerprint density at radius 3 is 2.83 bits per heavy atom. The van der Waals surface area contributed by atoms with Gasteiger partial charge in [0, 0.05) is 19.8 Å². The monoisotopic (exact) mass is 253 g/mol. The Morgan fingerprint density at radius 1 is 1.44 bits per heavy atom. The van der Waals surface area contributed by atoms with Crippen LogP contribution in [0.2, 0.25) is 0 Å². The van der Waals surface area contributed by atoms with Crippen molar-refractivity contribution in [2.24, 2.45) is 5.92 Å². The van der Waals surface area contributed by atoms with Gasteiger partial charge >= 0.3 is 0 Å². The van der Waals surface area contributed by atoms with E-state index in [0.717, 1.165) is 51.0 Å². The van der Waals surface area contributed by atoms with E-state index in [1.165, 1.54) is 0 Å². The fraction of sp³-hybridized carbons (Fsp3) is 0.769. The van der Waals surface area contributed by atoms with Crippen LogP contribution < -0.4 is 0 Å². The predicted molar refractivity (Wildman–Crippen MR) is 69.7 cm³/mol. The molecule has 0 bridgehead atoms. The maximum atomic E-state index is 10.9. The zero-order valence-corrected chi connectivity index (χ0v) is 11.6. The number of hydrogen-bond donors (Lipinski definition) is 0. The molecule has 0 spiro atoms. The largest absolute Gasteiger partial charge is 0.382 e. The van der Waals surface area contributed by atoms with Crippen molar-refractivity contribution in [2.75, 3.05) is 13.2 Å². The van der Waals surface area contributed by atoms with Crippen LogP contribution in [0.25, 0.3) is 0 Å². The van der Waals surface area contributed by atoms with E-state index >= 15 is 0 Å². The Morgan fingerprint density at radius 2 is 2.22 bits per heavy atom. The van der Waals surface area contributed by atoms with Gasteiger partial charge in [-0.1, -0.05) is 19.1 Å². The minimum Gasteiger partial charge on any atom is -0.382 e. The molecule has 5 heteroatoms. The SMILES string of the molecule is CCOCCCn1nnc(C=O)c1CCC(C)C. The summed E-state index contributed by atoms with van der Waals surface area (Å²) in [6, 6.07) is 0. The second-order valence-electron chi connectivity index (χ2n) is 4.75. The first-order valence-corrected chi connectivity index (χ1v) is 6.64. The summed E-state index contributed by atoms with van der Waals surface area (Å²) in [4.78, 5) is 10.9. The van der Waals surface area contributed by atoms with Crippen LogP contribution in [0.1, 0.15) is 49.8 Å². The summed E-state index contributed by atoms with van der Waals surface area (Å²) < 4.78 is 7.13. The number of carbonyl (C=O) groups excluding carboxylic acids is 1. The van der Waals surface area contributed by atoms with Gasteiger partial charge in [0.05, 0.1) is 5.69 Å². The molecule has 1 rings (SSSR count). The van der Waals surface area contributed by atoms with Crippen LogP contribution in [0.5, 0.6) is 0 Å². The van der Waals surface area contributed by atoms with Crippen LogP contribution in [-0.4, -0.2) is 34.5 Å². The Balaban J connectivity index is 2.59. The molecule has 1 aromatic heterocycles. The molecule has 0 saturated heterocycles. The van der Waals surface area contributed by atoms with Crippen molar-refractivity contribution in [1.29, 1.82) is 0 Å². The van der Waals surface area contributed by atoms with Crippen molar-refractivity contribution in [3.8, 4) is 0 Å². The molecule has 1 heterocycles. The highest BCUT2D eigenvalue weighted by atomic mass is 16.5. The van der Waals surface area contributed by atoms with Crippen LogP contribution >= 0.6 is 0 Å². The number of ether oxygens (including phenoxy) is 1. The van der Waals surface area contributed by atoms with E-state index in [-0.39, 0.29) is 0 Å². The van der Waals surface area contributed by atoms with E-state index in [1.807, 2.05) is 11.6 Å². The molecule has 0 radical (unpaired) electrons. The van der Waals surface area contributed by atoms with Crippen LogP contribution in [0.3, 0.4) is 0 Å². The smallest absolute Gasteiger partial charge is 0.172 e. The van der Waals surface area contributed by atoms with Crippen LogP contribution in [-0.2, 0) is 17.7 Å². The fourth-order valence-electron chi connectivity index (χ4n) is 1.76. The Hall–Kier alpha value is -1.23. The number of nitrogens with zero attached hydrogens (tertiary/aromatic N) is 3. The number of aryl methyl sites for hydroxylation is 1. The van der Waals surface area contributed by atoms with Crippen molar-refractivity contribution >= 4 is 6.29 Å². The fourth-order valence-corrected chi connectivity index (χ4v) is 1.76. The third kappa shape index (κ3) is 4.56. The van der Waals surface area contributed by atoms with Crippen molar-refractivity contribution in [3.63, 3.8) is 0 Å². The van der Waals surface area contributed by atoms with Crippen molar-refractivity contribution in [1.82, 2.24) is 15.0 Å². The molecule has 102 valence electrons. The maximum absolute atomic E-state index is 10.9. The van der Waals surface area contributed by atoms with Crippen molar-refractivity contribution < 1.29 is 9.53 Å². The van der Waals surface area contributed by atoms with E-state index < -0.39 is 0 Å². The highest BCUT2D eigenvalue weighted by Crippen LogP contribution is 2.11. The summed E-state index contributed by atoms with van der Waals surface area (Å²) in [5.41, 5.74) is 1.43. The Bertz CT molecular complexity index is 361. The molecule has 0 aliphatic heterocycles. The first-order chi connectivity index (χ1) is 8.69. The molecule has 0 fully saturated rings. The summed E-state index contributed by atoms with van der Waals surface area (Å²) in [7, 11) is 0. The molecule has 0 saturated carbocycles. The molecule has 1 aromatic rings. The number of hydrogen-bond acceptors (Lipinski definition) is 4. The molecular formula is C13H23N3O2. The minimum atomic E-state index is 0.479. The first-order valence-electron chi connectivity index (χ1n) is 6.64. The van der Waals surface area contributed by atoms with E-state index in [4.69, 9.17) is 4.74 Å². The molecule has 0 amide bonds. The average Bonchev–Trinajstić information content (AvgIpc) is 2.74. The van der Waals surface area contributed by atoms with Gasteiger partial charge in [-0.05, 0) is 32.1 Å². The predicted octanol–water partition coefficient (Wildman–Crippen LogP) is 2.11. The normalized spacial score (nSPS) is 11.1. The first kappa shape index (κ1) is 14.8. The number of aromatic nitrogens is 3. The quantitative estimate of drug-likeness (QED) is 0.499. The average molecular weight is 253 g/mol. The van der Waals surface area contributed by atoms with Crippen LogP contribution in [0.4, 0.5) is 0 Å². The van der Waals surface area contributed by atoms with E-state index in [0.29, 0.717) is 11.6 Å². The lowest BCUT2D eigenvalue weighted by molar-refractivity contribution is 0.111. The van der Waals surface area contributed by atoms with E-state index in [9.17, 15) is 4.79 Å². The summed E-state index contributed by atoms with van der Waals surface area (Å²) in [5, 5.41) is 7.96. The van der Waals surface area contributed by atoms with Gasteiger partial charge in [-0.15, -0.1) is 5.10 Å². The highest BCUT2D eigenvalue weighted by Gasteiger charge is 2.12. The van der Waals surface area contributed by atoms with Gasteiger partial charge in [-0.2, -0.15) is 0 Å². The van der Waals surface area contributed by atoms with Gasteiger partial charge in [0.25, 0.3) is 0 Å². The zero-order chi connectivity index (χ0) is 13.4. The number of rotatable bonds is 9. The summed E-state index contributed by atoms with van der Waals surface area (Å²) >= 11 is 0. The number of aldehydes is 1. The Labute approximate surface area is 109 Å². The van der Waals surface area contributed by atoms with Crippen LogP contribution in [0.15, 0.2) is 0 Å². The molecule has 0 atom stereocenters. The molecule has 0 unspecified atom stereocenters. The van der Waals surface area contributed by atoms with Crippen molar-refractivity contribution in [3.05, 3.63) is 11.4 Å². The third-order valence-electron chi connectivity index (χ3n) is 2.80. The molecule has 0 aromatic carbocycles. The Kier molecular flexibility index (Phi) is 6.57. The van der Waals surface area contributed by atoms with Crippen LogP contribution in [0, 0.1) is 5.92 Å². The van der Waals surface area contributed by atoms with Gasteiger partial charge < -0.3 is 4.74 Å². The van der Waals surface area contributed by atoms with Gasteiger partial charge in [0.15, 0.2) is 6.29 Å². The minimum absolute atomic E-state index is 0.479. The molecule has 18 heavy (non-hydrogen) atoms. The van der Waals surface area contributed by atoms with Gasteiger partial charge in [0.2, 0.25) is 0 Å². The van der Waals surface area contributed by atoms with Crippen molar-refractivity contribution in [2.45, 2.75) is 46.6 Å². The third-order valence-corrected chi connectivity index (χ3v) is 2.80. The summed E-state index contributed by atoms with van der Waals surface area (Å²) in [6.07, 6.45) is 3.58. The summed E-state index contributed by atoms with van der Waals surface area (Å²) in [5.74, 6) is 0.608. The lowest BCUT2D eigenvalue weighted by Gasteiger charge is -2.08. The standard InChI is InChI=1S/C13H23N3O2/c1-4-18-9-5-8-16-13(7-6-11(2)3)12(10-17)14-15-16/h10-11H,4-9H2,1-3H3. The van der Waals surface area contributed by atoms with Gasteiger partial charge in [-0.3, -0.25) is 4.79 Å². The second kappa shape index (κ2) is 7.97. The lowest BCUT2D eigenvalue weighted by atomic mass is 10.1. The second-order valence-corrected chi connectivity index (χ2v) is 4.75.